The molecule has 0 aliphatic rings. The first-order valence-corrected chi connectivity index (χ1v) is 9.63. The van der Waals surface area contributed by atoms with Crippen LogP contribution >= 0.6 is 0 Å². The molecule has 0 aliphatic heterocycles. The van der Waals surface area contributed by atoms with Gasteiger partial charge in [0.1, 0.15) is 5.82 Å². The van der Waals surface area contributed by atoms with E-state index in [1.807, 2.05) is 6.07 Å². The summed E-state index contributed by atoms with van der Waals surface area (Å²) in [6, 6.07) is 11.8. The lowest BCUT2D eigenvalue weighted by atomic mass is 10.2. The monoisotopic (exact) mass is 405 g/mol. The Morgan fingerprint density at radius 2 is 1.89 bits per heavy atom. The molecule has 0 aliphatic carbocycles. The van der Waals surface area contributed by atoms with Crippen LogP contribution in [-0.4, -0.2) is 31.6 Å². The second-order valence-electron chi connectivity index (χ2n) is 5.71. The highest BCUT2D eigenvalue weighted by molar-refractivity contribution is 7.89. The summed E-state index contributed by atoms with van der Waals surface area (Å²) in [6.07, 6.45) is -0.971. The highest BCUT2D eigenvalue weighted by Crippen LogP contribution is 2.24. The van der Waals surface area contributed by atoms with E-state index in [1.54, 1.807) is 24.3 Å². The third-order valence-corrected chi connectivity index (χ3v) is 5.24. The predicted octanol–water partition coefficient (Wildman–Crippen LogP) is 2.70. The van der Waals surface area contributed by atoms with Crippen molar-refractivity contribution in [3.8, 4) is 11.5 Å². The number of nitrogens with zero attached hydrogens (tertiary/aromatic N) is 2. The van der Waals surface area contributed by atoms with Gasteiger partial charge in [-0.1, -0.05) is 18.2 Å². The standard InChI is InChI=1S/C18H16FN3O5S/c1-11(16-21-22-17(27-16)12-6-4-3-5-7-12)26-18(23)14-10-13(8-9-15(14)19)28(24,25)20-2/h3-11,20H,1-2H3. The average Bonchev–Trinajstić information content (AvgIpc) is 3.19. The average molecular weight is 405 g/mol. The van der Waals surface area contributed by atoms with Gasteiger partial charge >= 0.3 is 5.97 Å². The number of nitrogens with one attached hydrogen (secondary N) is 1. The summed E-state index contributed by atoms with van der Waals surface area (Å²) in [5.41, 5.74) is 0.168. The zero-order chi connectivity index (χ0) is 20.3. The third-order valence-electron chi connectivity index (χ3n) is 3.83. The Balaban J connectivity index is 1.80. The molecule has 0 bridgehead atoms. The first-order valence-electron chi connectivity index (χ1n) is 8.14. The number of sulfonamides is 1. The van der Waals surface area contributed by atoms with Crippen LogP contribution in [0.25, 0.3) is 11.5 Å². The maximum atomic E-state index is 14.0. The molecule has 1 aromatic heterocycles. The normalized spacial score (nSPS) is 12.5. The topological polar surface area (TPSA) is 111 Å². The largest absolute Gasteiger partial charge is 0.449 e. The van der Waals surface area contributed by atoms with Crippen molar-refractivity contribution in [2.45, 2.75) is 17.9 Å². The van der Waals surface area contributed by atoms with Crippen molar-refractivity contribution < 1.29 is 26.8 Å². The molecule has 10 heteroatoms. The highest BCUT2D eigenvalue weighted by atomic mass is 32.2. The summed E-state index contributed by atoms with van der Waals surface area (Å²) < 4.78 is 50.5. The first-order chi connectivity index (χ1) is 13.3. The van der Waals surface area contributed by atoms with Crippen molar-refractivity contribution in [3.63, 3.8) is 0 Å². The molecule has 0 saturated carbocycles. The number of esters is 1. The van der Waals surface area contributed by atoms with E-state index in [4.69, 9.17) is 9.15 Å². The smallest absolute Gasteiger partial charge is 0.341 e. The van der Waals surface area contributed by atoms with E-state index in [0.29, 0.717) is 5.56 Å². The molecule has 3 aromatic rings. The molecule has 0 amide bonds. The molecule has 1 atom stereocenters. The van der Waals surface area contributed by atoms with Crippen molar-refractivity contribution >= 4 is 16.0 Å². The Hall–Kier alpha value is -3.11. The number of hydrogen-bond acceptors (Lipinski definition) is 7. The number of rotatable bonds is 6. The van der Waals surface area contributed by atoms with Gasteiger partial charge in [0.2, 0.25) is 15.9 Å². The number of carbonyl (C=O) groups is 1. The number of ether oxygens (including phenoxy) is 1. The van der Waals surface area contributed by atoms with Crippen LogP contribution in [0.1, 0.15) is 29.3 Å². The van der Waals surface area contributed by atoms with Gasteiger partial charge in [0, 0.05) is 5.56 Å². The molecule has 28 heavy (non-hydrogen) atoms. The van der Waals surface area contributed by atoms with E-state index in [0.717, 1.165) is 18.2 Å². The van der Waals surface area contributed by atoms with E-state index in [2.05, 4.69) is 14.9 Å². The molecule has 2 aromatic carbocycles. The summed E-state index contributed by atoms with van der Waals surface area (Å²) in [4.78, 5) is 12.1. The molecule has 146 valence electrons. The van der Waals surface area contributed by atoms with Crippen LogP contribution in [0.2, 0.25) is 0 Å². The fourth-order valence-electron chi connectivity index (χ4n) is 2.32. The number of halogens is 1. The van der Waals surface area contributed by atoms with Gasteiger partial charge in [-0.05, 0) is 44.3 Å². The molecule has 1 unspecified atom stereocenters. The number of hydrogen-bond donors (Lipinski definition) is 1. The second-order valence-corrected chi connectivity index (χ2v) is 7.59. The molecule has 3 rings (SSSR count). The van der Waals surface area contributed by atoms with E-state index in [9.17, 15) is 17.6 Å². The Bertz CT molecular complexity index is 1100. The molecular formula is C18H16FN3O5S. The van der Waals surface area contributed by atoms with E-state index in [1.165, 1.54) is 14.0 Å². The summed E-state index contributed by atoms with van der Waals surface area (Å²) >= 11 is 0. The van der Waals surface area contributed by atoms with Crippen LogP contribution in [0.3, 0.4) is 0 Å². The quantitative estimate of drug-likeness (QED) is 0.628. The lowest BCUT2D eigenvalue weighted by Gasteiger charge is -2.11. The summed E-state index contributed by atoms with van der Waals surface area (Å²) in [5.74, 6) is -1.71. The molecule has 0 spiro atoms. The number of aromatic nitrogens is 2. The van der Waals surface area contributed by atoms with Gasteiger partial charge < -0.3 is 9.15 Å². The second kappa shape index (κ2) is 7.87. The molecule has 1 N–H and O–H groups in total. The van der Waals surface area contributed by atoms with Gasteiger partial charge in [-0.3, -0.25) is 0 Å². The van der Waals surface area contributed by atoms with E-state index >= 15 is 0 Å². The predicted molar refractivity (Wildman–Crippen MR) is 96.2 cm³/mol. The Labute approximate surface area is 160 Å². The lowest BCUT2D eigenvalue weighted by molar-refractivity contribution is 0.0274. The Morgan fingerprint density at radius 3 is 2.57 bits per heavy atom. The fraction of sp³-hybridized carbons (Fsp3) is 0.167. The summed E-state index contributed by atoms with van der Waals surface area (Å²) in [5, 5.41) is 7.73. The maximum absolute atomic E-state index is 14.0. The van der Waals surface area contributed by atoms with Gasteiger partial charge in [-0.15, -0.1) is 10.2 Å². The van der Waals surface area contributed by atoms with Gasteiger partial charge in [0.05, 0.1) is 10.5 Å². The maximum Gasteiger partial charge on any atom is 0.341 e. The Morgan fingerprint density at radius 1 is 1.18 bits per heavy atom. The summed E-state index contributed by atoms with van der Waals surface area (Å²) in [6.45, 7) is 1.48. The zero-order valence-corrected chi connectivity index (χ0v) is 15.7. The lowest BCUT2D eigenvalue weighted by Crippen LogP contribution is -2.20. The summed E-state index contributed by atoms with van der Waals surface area (Å²) in [7, 11) is -2.64. The molecule has 8 nitrogen and oxygen atoms in total. The number of carbonyl (C=O) groups excluding carboxylic acids is 1. The van der Waals surface area contributed by atoms with Crippen LogP contribution in [0.5, 0.6) is 0 Å². The van der Waals surface area contributed by atoms with Crippen molar-refractivity contribution in [1.29, 1.82) is 0 Å². The van der Waals surface area contributed by atoms with Crippen LogP contribution < -0.4 is 4.72 Å². The first kappa shape index (κ1) is 19.6. The third kappa shape index (κ3) is 4.07. The van der Waals surface area contributed by atoms with E-state index < -0.39 is 33.5 Å². The minimum absolute atomic E-state index is 0.0200. The van der Waals surface area contributed by atoms with Crippen LogP contribution in [0.4, 0.5) is 4.39 Å². The van der Waals surface area contributed by atoms with Crippen LogP contribution in [0.15, 0.2) is 57.8 Å². The Kier molecular flexibility index (Phi) is 5.52. The van der Waals surface area contributed by atoms with Gasteiger partial charge in [0.15, 0.2) is 6.10 Å². The van der Waals surface area contributed by atoms with Crippen LogP contribution in [-0.2, 0) is 14.8 Å². The van der Waals surface area contributed by atoms with Gasteiger partial charge in [-0.25, -0.2) is 22.3 Å². The molecule has 0 radical (unpaired) electrons. The van der Waals surface area contributed by atoms with E-state index in [-0.39, 0.29) is 16.7 Å². The minimum atomic E-state index is -3.84. The zero-order valence-electron chi connectivity index (χ0n) is 14.9. The van der Waals surface area contributed by atoms with Crippen molar-refractivity contribution in [3.05, 3.63) is 65.8 Å². The fourth-order valence-corrected chi connectivity index (χ4v) is 3.07. The highest BCUT2D eigenvalue weighted by Gasteiger charge is 2.24. The molecule has 0 fully saturated rings. The van der Waals surface area contributed by atoms with Gasteiger partial charge in [-0.2, -0.15) is 0 Å². The van der Waals surface area contributed by atoms with Crippen molar-refractivity contribution in [1.82, 2.24) is 14.9 Å². The van der Waals surface area contributed by atoms with Crippen molar-refractivity contribution in [2.24, 2.45) is 0 Å². The molecule has 0 saturated heterocycles. The van der Waals surface area contributed by atoms with Crippen LogP contribution in [0, 0.1) is 5.82 Å². The minimum Gasteiger partial charge on any atom is -0.449 e. The van der Waals surface area contributed by atoms with Crippen molar-refractivity contribution in [2.75, 3.05) is 7.05 Å². The molecule has 1 heterocycles. The molecular weight excluding hydrogens is 389 g/mol. The number of benzene rings is 2. The van der Waals surface area contributed by atoms with Gasteiger partial charge in [0.25, 0.3) is 5.89 Å². The SMILES string of the molecule is CNS(=O)(=O)c1ccc(F)c(C(=O)OC(C)c2nnc(-c3ccccc3)o2)c1.